The van der Waals surface area contributed by atoms with Crippen LogP contribution in [0.4, 0.5) is 10.6 Å². The van der Waals surface area contributed by atoms with Gasteiger partial charge in [-0.25, -0.2) is 14.8 Å². The number of halogens is 1. The monoisotopic (exact) mass is 393 g/mol. The first kappa shape index (κ1) is 19.4. The minimum absolute atomic E-state index is 0.167. The maximum atomic E-state index is 11.6. The van der Waals surface area contributed by atoms with Crippen LogP contribution in [0.2, 0.25) is 5.02 Å². The number of anilines is 1. The maximum Gasteiger partial charge on any atom is 0.409 e. The van der Waals surface area contributed by atoms with E-state index in [-0.39, 0.29) is 12.1 Å². The molecule has 1 saturated heterocycles. The Morgan fingerprint density at radius 2 is 2.04 bits per heavy atom. The first-order valence-electron chi connectivity index (χ1n) is 9.03. The SMILES string of the molecule is CCc1nc(NC2CCN(C(=O)OC)CC2)c(Cl)c(-c2c(C)noc2C)n1. The van der Waals surface area contributed by atoms with Crippen molar-refractivity contribution in [3.8, 4) is 11.3 Å². The molecule has 0 spiro atoms. The Kier molecular flexibility index (Phi) is 5.84. The number of hydrogen-bond acceptors (Lipinski definition) is 7. The van der Waals surface area contributed by atoms with Crippen LogP contribution in [0.15, 0.2) is 4.52 Å². The molecule has 3 rings (SSSR count). The number of rotatable bonds is 4. The van der Waals surface area contributed by atoms with Crippen LogP contribution in [0.5, 0.6) is 0 Å². The Labute approximate surface area is 163 Å². The van der Waals surface area contributed by atoms with Gasteiger partial charge in [0.2, 0.25) is 0 Å². The van der Waals surface area contributed by atoms with Crippen molar-refractivity contribution in [3.63, 3.8) is 0 Å². The second-order valence-corrected chi connectivity index (χ2v) is 6.96. The third-order valence-electron chi connectivity index (χ3n) is 4.75. The molecule has 0 aromatic carbocycles. The number of aromatic nitrogens is 3. The average molecular weight is 394 g/mol. The van der Waals surface area contributed by atoms with E-state index in [1.807, 2.05) is 20.8 Å². The summed E-state index contributed by atoms with van der Waals surface area (Å²) in [4.78, 5) is 22.5. The molecule has 27 heavy (non-hydrogen) atoms. The Bertz CT molecular complexity index is 811. The van der Waals surface area contributed by atoms with Gasteiger partial charge < -0.3 is 19.5 Å². The lowest BCUT2D eigenvalue weighted by molar-refractivity contribution is 0.113. The topological polar surface area (TPSA) is 93.4 Å². The number of ether oxygens (including phenoxy) is 1. The minimum Gasteiger partial charge on any atom is -0.453 e. The molecule has 0 aliphatic carbocycles. The molecule has 0 unspecified atom stereocenters. The lowest BCUT2D eigenvalue weighted by atomic mass is 10.1. The van der Waals surface area contributed by atoms with Crippen LogP contribution in [0.3, 0.4) is 0 Å². The van der Waals surface area contributed by atoms with E-state index in [1.165, 1.54) is 7.11 Å². The zero-order valence-corrected chi connectivity index (χ0v) is 16.8. The van der Waals surface area contributed by atoms with Gasteiger partial charge >= 0.3 is 6.09 Å². The standard InChI is InChI=1S/C18H24ClN5O3/c1-5-13-21-16(14-10(2)23-27-11(14)3)15(19)17(22-13)20-12-6-8-24(9-7-12)18(25)26-4/h12H,5-9H2,1-4H3,(H,20,21,22). The van der Waals surface area contributed by atoms with Gasteiger partial charge in [-0.2, -0.15) is 0 Å². The predicted molar refractivity (Wildman–Crippen MR) is 102 cm³/mol. The van der Waals surface area contributed by atoms with Crippen LogP contribution in [0.1, 0.15) is 37.0 Å². The van der Waals surface area contributed by atoms with E-state index in [0.29, 0.717) is 47.6 Å². The normalized spacial score (nSPS) is 15.1. The van der Waals surface area contributed by atoms with Crippen molar-refractivity contribution in [2.45, 2.75) is 46.1 Å². The highest BCUT2D eigenvalue weighted by atomic mass is 35.5. The van der Waals surface area contributed by atoms with Gasteiger partial charge in [0, 0.05) is 25.6 Å². The molecular formula is C18H24ClN5O3. The summed E-state index contributed by atoms with van der Waals surface area (Å²) in [6.07, 6.45) is 1.97. The molecule has 1 amide bonds. The average Bonchev–Trinajstić information content (AvgIpc) is 3.01. The summed E-state index contributed by atoms with van der Waals surface area (Å²) in [5, 5.41) is 7.89. The molecule has 0 saturated carbocycles. The van der Waals surface area contributed by atoms with Gasteiger partial charge in [-0.1, -0.05) is 23.7 Å². The number of nitrogens with one attached hydrogen (secondary N) is 1. The van der Waals surface area contributed by atoms with Gasteiger partial charge in [0.15, 0.2) is 0 Å². The molecule has 0 bridgehead atoms. The van der Waals surface area contributed by atoms with E-state index in [0.717, 1.165) is 24.1 Å². The fraction of sp³-hybridized carbons (Fsp3) is 0.556. The smallest absolute Gasteiger partial charge is 0.409 e. The maximum absolute atomic E-state index is 11.6. The zero-order valence-electron chi connectivity index (χ0n) is 16.0. The molecule has 9 heteroatoms. The second kappa shape index (κ2) is 8.12. The van der Waals surface area contributed by atoms with Crippen molar-refractivity contribution in [2.75, 3.05) is 25.5 Å². The van der Waals surface area contributed by atoms with E-state index < -0.39 is 0 Å². The van der Waals surface area contributed by atoms with Gasteiger partial charge in [0.1, 0.15) is 28.1 Å². The molecule has 0 radical (unpaired) electrons. The van der Waals surface area contributed by atoms with Crippen LogP contribution in [-0.2, 0) is 11.2 Å². The Hall–Kier alpha value is -2.35. The quantitative estimate of drug-likeness (QED) is 0.847. The highest BCUT2D eigenvalue weighted by Gasteiger charge is 2.26. The third-order valence-corrected chi connectivity index (χ3v) is 5.11. The van der Waals surface area contributed by atoms with Crippen molar-refractivity contribution >= 4 is 23.5 Å². The molecule has 146 valence electrons. The first-order chi connectivity index (χ1) is 12.9. The molecule has 3 heterocycles. The minimum atomic E-state index is -0.289. The Balaban J connectivity index is 1.84. The summed E-state index contributed by atoms with van der Waals surface area (Å²) in [5.74, 6) is 1.98. The zero-order chi connectivity index (χ0) is 19.6. The number of nitrogens with zero attached hydrogens (tertiary/aromatic N) is 4. The fourth-order valence-electron chi connectivity index (χ4n) is 3.26. The lowest BCUT2D eigenvalue weighted by Crippen LogP contribution is -2.42. The van der Waals surface area contributed by atoms with Crippen molar-refractivity contribution in [1.82, 2.24) is 20.0 Å². The lowest BCUT2D eigenvalue weighted by Gasteiger charge is -2.31. The van der Waals surface area contributed by atoms with E-state index in [2.05, 4.69) is 20.4 Å². The van der Waals surface area contributed by atoms with E-state index in [1.54, 1.807) is 4.90 Å². The van der Waals surface area contributed by atoms with Crippen molar-refractivity contribution in [2.24, 2.45) is 0 Å². The number of carbonyl (C=O) groups is 1. The van der Waals surface area contributed by atoms with Gasteiger partial charge in [-0.3, -0.25) is 0 Å². The Morgan fingerprint density at radius 3 is 2.59 bits per heavy atom. The third kappa shape index (κ3) is 4.00. The van der Waals surface area contributed by atoms with Crippen LogP contribution < -0.4 is 5.32 Å². The Morgan fingerprint density at radius 1 is 1.33 bits per heavy atom. The summed E-state index contributed by atoms with van der Waals surface area (Å²) in [6.45, 7) is 6.97. The van der Waals surface area contributed by atoms with Crippen LogP contribution in [0, 0.1) is 13.8 Å². The van der Waals surface area contributed by atoms with Crippen molar-refractivity contribution < 1.29 is 14.1 Å². The first-order valence-corrected chi connectivity index (χ1v) is 9.41. The summed E-state index contributed by atoms with van der Waals surface area (Å²) < 4.78 is 10.1. The van der Waals surface area contributed by atoms with E-state index >= 15 is 0 Å². The highest BCUT2D eigenvalue weighted by Crippen LogP contribution is 2.35. The second-order valence-electron chi connectivity index (χ2n) is 6.58. The van der Waals surface area contributed by atoms with Gasteiger partial charge in [0.25, 0.3) is 0 Å². The molecule has 2 aromatic rings. The number of carbonyl (C=O) groups excluding carboxylic acids is 1. The van der Waals surface area contributed by atoms with Gasteiger partial charge in [-0.05, 0) is 26.7 Å². The molecular weight excluding hydrogens is 370 g/mol. The van der Waals surface area contributed by atoms with Crippen LogP contribution in [-0.4, -0.2) is 52.4 Å². The largest absolute Gasteiger partial charge is 0.453 e. The molecule has 1 aliphatic heterocycles. The summed E-state index contributed by atoms with van der Waals surface area (Å²) >= 11 is 6.65. The molecule has 1 N–H and O–H groups in total. The summed E-state index contributed by atoms with van der Waals surface area (Å²) in [5.41, 5.74) is 2.18. The van der Waals surface area contributed by atoms with Gasteiger partial charge in [0.05, 0.1) is 18.4 Å². The van der Waals surface area contributed by atoms with Crippen LogP contribution in [0.25, 0.3) is 11.3 Å². The number of likely N-dealkylation sites (tertiary alicyclic amines) is 1. The molecule has 0 atom stereocenters. The van der Waals surface area contributed by atoms with E-state index in [9.17, 15) is 4.79 Å². The predicted octanol–water partition coefficient (Wildman–Crippen LogP) is 3.61. The molecule has 1 aliphatic rings. The van der Waals surface area contributed by atoms with Crippen molar-refractivity contribution in [1.29, 1.82) is 0 Å². The molecule has 8 nitrogen and oxygen atoms in total. The number of amides is 1. The summed E-state index contributed by atoms with van der Waals surface area (Å²) in [7, 11) is 1.40. The summed E-state index contributed by atoms with van der Waals surface area (Å²) in [6, 6.07) is 0.167. The number of piperidine rings is 1. The number of aryl methyl sites for hydroxylation is 3. The number of methoxy groups -OCH3 is 1. The van der Waals surface area contributed by atoms with Gasteiger partial charge in [-0.15, -0.1) is 0 Å². The molecule has 2 aromatic heterocycles. The fourth-order valence-corrected chi connectivity index (χ4v) is 3.50. The van der Waals surface area contributed by atoms with Crippen LogP contribution >= 0.6 is 11.6 Å². The molecule has 1 fully saturated rings. The highest BCUT2D eigenvalue weighted by molar-refractivity contribution is 6.35. The van der Waals surface area contributed by atoms with E-state index in [4.69, 9.17) is 20.9 Å². The van der Waals surface area contributed by atoms with Crippen molar-refractivity contribution in [3.05, 3.63) is 22.3 Å². The number of hydrogen-bond donors (Lipinski definition) is 1.